The van der Waals surface area contributed by atoms with Gasteiger partial charge in [0.1, 0.15) is 0 Å². The minimum Gasteiger partial charge on any atom is -0.399 e. The summed E-state index contributed by atoms with van der Waals surface area (Å²) in [5.74, 6) is -0.153. The lowest BCUT2D eigenvalue weighted by molar-refractivity contribution is -0.135. The monoisotopic (exact) mass is 288 g/mol. The van der Waals surface area contributed by atoms with E-state index in [-0.39, 0.29) is 18.9 Å². The van der Waals surface area contributed by atoms with Gasteiger partial charge in [0, 0.05) is 25.1 Å². The van der Waals surface area contributed by atoms with Gasteiger partial charge in [-0.2, -0.15) is 13.2 Å². The number of nitrogens with two attached hydrogens (primary N) is 1. The highest BCUT2D eigenvalue weighted by atomic mass is 19.4. The molecule has 3 N–H and O–H groups in total. The molecule has 0 radical (unpaired) electrons. The highest BCUT2D eigenvalue weighted by molar-refractivity contribution is 5.76. The summed E-state index contributed by atoms with van der Waals surface area (Å²) in [7, 11) is 0. The van der Waals surface area contributed by atoms with E-state index in [0.717, 1.165) is 5.56 Å². The van der Waals surface area contributed by atoms with Gasteiger partial charge in [-0.3, -0.25) is 4.79 Å². The van der Waals surface area contributed by atoms with Crippen molar-refractivity contribution < 1.29 is 18.0 Å². The van der Waals surface area contributed by atoms with Gasteiger partial charge in [0.25, 0.3) is 0 Å². The highest BCUT2D eigenvalue weighted by Gasteiger charge is 2.25. The van der Waals surface area contributed by atoms with Gasteiger partial charge in [-0.05, 0) is 37.0 Å². The summed E-state index contributed by atoms with van der Waals surface area (Å²) in [5, 5.41) is 2.62. The van der Waals surface area contributed by atoms with Gasteiger partial charge in [0.05, 0.1) is 0 Å². The molecular weight excluding hydrogens is 269 g/mol. The summed E-state index contributed by atoms with van der Waals surface area (Å²) >= 11 is 0. The molecule has 3 nitrogen and oxygen atoms in total. The van der Waals surface area contributed by atoms with Gasteiger partial charge in [-0.1, -0.05) is 12.1 Å². The average molecular weight is 288 g/mol. The summed E-state index contributed by atoms with van der Waals surface area (Å²) in [6.45, 7) is 0.284. The number of nitrogen functional groups attached to an aromatic ring is 1. The first-order chi connectivity index (χ1) is 9.37. The molecule has 1 rings (SSSR count). The molecule has 0 bridgehead atoms. The Balaban J connectivity index is 2.12. The fourth-order valence-corrected chi connectivity index (χ4v) is 1.77. The van der Waals surface area contributed by atoms with Crippen molar-refractivity contribution in [3.8, 4) is 0 Å². The molecular formula is C14H19F3N2O. The Morgan fingerprint density at radius 3 is 2.65 bits per heavy atom. The topological polar surface area (TPSA) is 55.1 Å². The number of aryl methyl sites for hydroxylation is 1. The molecule has 0 saturated heterocycles. The minimum absolute atomic E-state index is 0.0407. The van der Waals surface area contributed by atoms with Crippen molar-refractivity contribution in [1.29, 1.82) is 0 Å². The lowest BCUT2D eigenvalue weighted by atomic mass is 10.1. The maximum absolute atomic E-state index is 11.9. The molecule has 1 aromatic carbocycles. The summed E-state index contributed by atoms with van der Waals surface area (Å²) in [5.41, 5.74) is 7.24. The summed E-state index contributed by atoms with van der Waals surface area (Å²) in [6.07, 6.45) is -3.66. The fourth-order valence-electron chi connectivity index (χ4n) is 1.77. The molecule has 0 fully saturated rings. The van der Waals surface area contributed by atoms with E-state index < -0.39 is 12.6 Å². The standard InChI is InChI=1S/C14H19F3N2O/c15-14(16,17)8-1-2-9-19-13(20)7-6-11-4-3-5-12(18)10-11/h3-5,10H,1-2,6-9,18H2,(H,19,20). The van der Waals surface area contributed by atoms with Crippen LogP contribution in [0.15, 0.2) is 24.3 Å². The van der Waals surface area contributed by atoms with Gasteiger partial charge < -0.3 is 11.1 Å². The third kappa shape index (κ3) is 7.66. The van der Waals surface area contributed by atoms with E-state index in [1.807, 2.05) is 12.1 Å². The number of hydrogen-bond donors (Lipinski definition) is 2. The molecule has 20 heavy (non-hydrogen) atoms. The number of unbranched alkanes of at least 4 members (excludes halogenated alkanes) is 1. The predicted molar refractivity (Wildman–Crippen MR) is 72.1 cm³/mol. The second kappa shape index (κ2) is 7.77. The number of anilines is 1. The smallest absolute Gasteiger partial charge is 0.389 e. The third-order valence-corrected chi connectivity index (χ3v) is 2.80. The SMILES string of the molecule is Nc1cccc(CCC(=O)NCCCCC(F)(F)F)c1. The lowest BCUT2D eigenvalue weighted by Crippen LogP contribution is -2.24. The Kier molecular flexibility index (Phi) is 6.35. The molecule has 6 heteroatoms. The van der Waals surface area contributed by atoms with Gasteiger partial charge >= 0.3 is 6.18 Å². The maximum Gasteiger partial charge on any atom is 0.389 e. The Morgan fingerprint density at radius 2 is 2.00 bits per heavy atom. The van der Waals surface area contributed by atoms with E-state index >= 15 is 0 Å². The zero-order chi connectivity index (χ0) is 15.0. The molecule has 0 spiro atoms. The molecule has 0 unspecified atom stereocenters. The Hall–Kier alpha value is -1.72. The number of alkyl halides is 3. The molecule has 0 aliphatic heterocycles. The van der Waals surface area contributed by atoms with Crippen LogP contribution in [0.25, 0.3) is 0 Å². The molecule has 0 heterocycles. The van der Waals surface area contributed by atoms with Crippen molar-refractivity contribution in [3.63, 3.8) is 0 Å². The normalized spacial score (nSPS) is 11.3. The van der Waals surface area contributed by atoms with E-state index in [2.05, 4.69) is 5.32 Å². The molecule has 1 aromatic rings. The van der Waals surface area contributed by atoms with E-state index in [4.69, 9.17) is 5.73 Å². The van der Waals surface area contributed by atoms with Crippen LogP contribution in [0.2, 0.25) is 0 Å². The summed E-state index contributed by atoms with van der Waals surface area (Å²) in [4.78, 5) is 11.5. The number of benzene rings is 1. The van der Waals surface area contributed by atoms with Crippen molar-refractivity contribution in [2.24, 2.45) is 0 Å². The van der Waals surface area contributed by atoms with E-state index in [1.54, 1.807) is 12.1 Å². The second-order valence-corrected chi connectivity index (χ2v) is 4.67. The molecule has 0 aliphatic carbocycles. The van der Waals surface area contributed by atoms with E-state index in [9.17, 15) is 18.0 Å². The van der Waals surface area contributed by atoms with Crippen LogP contribution < -0.4 is 11.1 Å². The quantitative estimate of drug-likeness (QED) is 0.598. The first-order valence-electron chi connectivity index (χ1n) is 6.55. The van der Waals surface area contributed by atoms with E-state index in [0.29, 0.717) is 24.9 Å². The lowest BCUT2D eigenvalue weighted by Gasteiger charge is -2.07. The van der Waals surface area contributed by atoms with Crippen molar-refractivity contribution >= 4 is 11.6 Å². The van der Waals surface area contributed by atoms with Crippen LogP contribution in [0.3, 0.4) is 0 Å². The maximum atomic E-state index is 11.9. The van der Waals surface area contributed by atoms with E-state index in [1.165, 1.54) is 0 Å². The predicted octanol–water partition coefficient (Wildman–Crippen LogP) is 3.05. The van der Waals surface area contributed by atoms with Crippen molar-refractivity contribution in [2.45, 2.75) is 38.3 Å². The Labute approximate surface area is 116 Å². The number of hydrogen-bond acceptors (Lipinski definition) is 2. The van der Waals surface area contributed by atoms with Gasteiger partial charge in [-0.25, -0.2) is 0 Å². The van der Waals surface area contributed by atoms with Gasteiger partial charge in [-0.15, -0.1) is 0 Å². The van der Waals surface area contributed by atoms with Crippen LogP contribution in [0.1, 0.15) is 31.2 Å². The van der Waals surface area contributed by atoms with Crippen LogP contribution in [0.5, 0.6) is 0 Å². The largest absolute Gasteiger partial charge is 0.399 e. The van der Waals surface area contributed by atoms with Crippen LogP contribution >= 0.6 is 0 Å². The zero-order valence-corrected chi connectivity index (χ0v) is 11.2. The Morgan fingerprint density at radius 1 is 1.25 bits per heavy atom. The number of rotatable bonds is 7. The molecule has 0 atom stereocenters. The molecule has 0 aliphatic rings. The molecule has 0 saturated carbocycles. The number of carbonyl (C=O) groups is 1. The van der Waals surface area contributed by atoms with Crippen LogP contribution in [0, 0.1) is 0 Å². The Bertz CT molecular complexity index is 433. The van der Waals surface area contributed by atoms with Crippen LogP contribution in [0.4, 0.5) is 18.9 Å². The first kappa shape index (κ1) is 16.3. The van der Waals surface area contributed by atoms with Gasteiger partial charge in [0.2, 0.25) is 5.91 Å². The summed E-state index contributed by atoms with van der Waals surface area (Å²) < 4.78 is 35.7. The van der Waals surface area contributed by atoms with Crippen molar-refractivity contribution in [1.82, 2.24) is 5.32 Å². The number of halogens is 3. The number of amides is 1. The fraction of sp³-hybridized carbons (Fsp3) is 0.500. The van der Waals surface area contributed by atoms with Crippen molar-refractivity contribution in [3.05, 3.63) is 29.8 Å². The minimum atomic E-state index is -4.11. The second-order valence-electron chi connectivity index (χ2n) is 4.67. The number of nitrogens with one attached hydrogen (secondary N) is 1. The van der Waals surface area contributed by atoms with Gasteiger partial charge in [0.15, 0.2) is 0 Å². The average Bonchev–Trinajstić information content (AvgIpc) is 2.35. The van der Waals surface area contributed by atoms with Crippen LogP contribution in [-0.2, 0) is 11.2 Å². The first-order valence-corrected chi connectivity index (χ1v) is 6.55. The number of carbonyl (C=O) groups excluding carboxylic acids is 1. The van der Waals surface area contributed by atoms with Crippen LogP contribution in [-0.4, -0.2) is 18.6 Å². The molecule has 0 aromatic heterocycles. The zero-order valence-electron chi connectivity index (χ0n) is 11.2. The highest BCUT2D eigenvalue weighted by Crippen LogP contribution is 2.21. The third-order valence-electron chi connectivity index (χ3n) is 2.80. The molecule has 1 amide bonds. The molecule has 112 valence electrons. The summed E-state index contributed by atoms with van der Waals surface area (Å²) in [6, 6.07) is 7.27. The van der Waals surface area contributed by atoms with Crippen molar-refractivity contribution in [2.75, 3.05) is 12.3 Å².